The Kier molecular flexibility index (Phi) is 4.24. The Hall–Kier alpha value is -0.930. The van der Waals surface area contributed by atoms with Crippen LogP contribution in [0.3, 0.4) is 0 Å². The SMILES string of the molecule is CCOC(=O)C=CC1CCC(F)(F)CC1. The van der Waals surface area contributed by atoms with E-state index in [1.807, 2.05) is 0 Å². The highest BCUT2D eigenvalue weighted by Gasteiger charge is 2.33. The second kappa shape index (κ2) is 5.24. The Bertz CT molecular complexity index is 239. The number of carbonyl (C=O) groups excluding carboxylic acids is 1. The zero-order valence-corrected chi connectivity index (χ0v) is 8.84. The molecule has 0 unspecified atom stereocenters. The average molecular weight is 218 g/mol. The molecule has 1 rings (SSSR count). The molecule has 0 radical (unpaired) electrons. The summed E-state index contributed by atoms with van der Waals surface area (Å²) >= 11 is 0. The van der Waals surface area contributed by atoms with Crippen LogP contribution in [0.1, 0.15) is 32.6 Å². The summed E-state index contributed by atoms with van der Waals surface area (Å²) in [6, 6.07) is 0. The maximum Gasteiger partial charge on any atom is 0.330 e. The van der Waals surface area contributed by atoms with Gasteiger partial charge in [0.25, 0.3) is 0 Å². The third-order valence-corrected chi connectivity index (χ3v) is 2.55. The lowest BCUT2D eigenvalue weighted by Gasteiger charge is -2.26. The number of hydrogen-bond donors (Lipinski definition) is 0. The Labute approximate surface area is 88.3 Å². The smallest absolute Gasteiger partial charge is 0.330 e. The van der Waals surface area contributed by atoms with Crippen molar-refractivity contribution in [2.75, 3.05) is 6.61 Å². The predicted molar refractivity (Wildman–Crippen MR) is 52.7 cm³/mol. The van der Waals surface area contributed by atoms with E-state index in [1.54, 1.807) is 13.0 Å². The summed E-state index contributed by atoms with van der Waals surface area (Å²) in [5.74, 6) is -2.81. The van der Waals surface area contributed by atoms with E-state index in [9.17, 15) is 13.6 Å². The Morgan fingerprint density at radius 2 is 2.07 bits per heavy atom. The number of ether oxygens (including phenoxy) is 1. The molecule has 1 aliphatic rings. The second-order valence-electron chi connectivity index (χ2n) is 3.80. The van der Waals surface area contributed by atoms with Gasteiger partial charge in [0.1, 0.15) is 0 Å². The third-order valence-electron chi connectivity index (χ3n) is 2.55. The minimum Gasteiger partial charge on any atom is -0.463 e. The van der Waals surface area contributed by atoms with Gasteiger partial charge in [-0.1, -0.05) is 6.08 Å². The van der Waals surface area contributed by atoms with Crippen LogP contribution in [0.15, 0.2) is 12.2 Å². The zero-order valence-electron chi connectivity index (χ0n) is 8.84. The maximum absolute atomic E-state index is 12.8. The van der Waals surface area contributed by atoms with Gasteiger partial charge in [-0.25, -0.2) is 13.6 Å². The molecule has 0 saturated heterocycles. The fourth-order valence-corrected chi connectivity index (χ4v) is 1.66. The predicted octanol–water partition coefficient (Wildman–Crippen LogP) is 2.93. The summed E-state index contributed by atoms with van der Waals surface area (Å²) < 4.78 is 30.3. The van der Waals surface area contributed by atoms with Crippen LogP contribution in [0, 0.1) is 5.92 Å². The summed E-state index contributed by atoms with van der Waals surface area (Å²) in [5, 5.41) is 0. The van der Waals surface area contributed by atoms with Crippen molar-refractivity contribution in [3.05, 3.63) is 12.2 Å². The van der Waals surface area contributed by atoms with Crippen molar-refractivity contribution in [2.24, 2.45) is 5.92 Å². The van der Waals surface area contributed by atoms with Crippen LogP contribution in [0.4, 0.5) is 8.78 Å². The quantitative estimate of drug-likeness (QED) is 0.537. The molecule has 1 fully saturated rings. The van der Waals surface area contributed by atoms with Gasteiger partial charge in [0, 0.05) is 18.9 Å². The number of allylic oxidation sites excluding steroid dienone is 1. The van der Waals surface area contributed by atoms with Gasteiger partial charge in [0.15, 0.2) is 0 Å². The van der Waals surface area contributed by atoms with Crippen LogP contribution in [0.2, 0.25) is 0 Å². The molecule has 0 heterocycles. The zero-order chi connectivity index (χ0) is 11.3. The highest BCUT2D eigenvalue weighted by molar-refractivity contribution is 5.81. The average Bonchev–Trinajstić information content (AvgIpc) is 2.17. The number of carbonyl (C=O) groups is 1. The molecule has 0 aliphatic heterocycles. The number of esters is 1. The third kappa shape index (κ3) is 4.40. The van der Waals surface area contributed by atoms with E-state index in [0.717, 1.165) is 0 Å². The fourth-order valence-electron chi connectivity index (χ4n) is 1.66. The van der Waals surface area contributed by atoms with Crippen molar-refractivity contribution in [1.82, 2.24) is 0 Å². The molecular weight excluding hydrogens is 202 g/mol. The minimum atomic E-state index is -2.51. The van der Waals surface area contributed by atoms with Gasteiger partial charge in [-0.05, 0) is 25.7 Å². The first-order valence-electron chi connectivity index (χ1n) is 5.26. The molecule has 0 spiro atoms. The molecule has 1 saturated carbocycles. The first-order chi connectivity index (χ1) is 7.03. The minimum absolute atomic E-state index is 0.0785. The molecule has 0 aromatic rings. The Morgan fingerprint density at radius 3 is 2.60 bits per heavy atom. The lowest BCUT2D eigenvalue weighted by atomic mass is 9.86. The van der Waals surface area contributed by atoms with E-state index in [2.05, 4.69) is 0 Å². The van der Waals surface area contributed by atoms with Crippen LogP contribution in [-0.2, 0) is 9.53 Å². The van der Waals surface area contributed by atoms with Crippen molar-refractivity contribution in [3.63, 3.8) is 0 Å². The van der Waals surface area contributed by atoms with E-state index in [1.165, 1.54) is 6.08 Å². The second-order valence-corrected chi connectivity index (χ2v) is 3.80. The standard InChI is InChI=1S/C11H16F2O2/c1-2-15-10(14)4-3-9-5-7-11(12,13)8-6-9/h3-4,9H,2,5-8H2,1H3. The maximum atomic E-state index is 12.8. The van der Waals surface area contributed by atoms with E-state index in [4.69, 9.17) is 4.74 Å². The van der Waals surface area contributed by atoms with Crippen molar-refractivity contribution in [2.45, 2.75) is 38.5 Å². The number of rotatable bonds is 3. The summed E-state index contributed by atoms with van der Waals surface area (Å²) in [5.41, 5.74) is 0. The number of alkyl halides is 2. The van der Waals surface area contributed by atoms with E-state index in [-0.39, 0.29) is 18.8 Å². The lowest BCUT2D eigenvalue weighted by Crippen LogP contribution is -2.23. The van der Waals surface area contributed by atoms with Crippen molar-refractivity contribution in [3.8, 4) is 0 Å². The van der Waals surface area contributed by atoms with Gasteiger partial charge < -0.3 is 4.74 Å². The van der Waals surface area contributed by atoms with Crippen LogP contribution in [0.25, 0.3) is 0 Å². The van der Waals surface area contributed by atoms with Gasteiger partial charge in [0.05, 0.1) is 6.61 Å². The summed E-state index contributed by atoms with van der Waals surface area (Å²) in [4.78, 5) is 11.0. The normalized spacial score (nSPS) is 21.8. The number of halogens is 2. The molecule has 0 bridgehead atoms. The van der Waals surface area contributed by atoms with E-state index in [0.29, 0.717) is 19.4 Å². The van der Waals surface area contributed by atoms with E-state index >= 15 is 0 Å². The van der Waals surface area contributed by atoms with Gasteiger partial charge in [0.2, 0.25) is 5.92 Å². The molecule has 0 amide bonds. The van der Waals surface area contributed by atoms with Crippen LogP contribution in [0.5, 0.6) is 0 Å². The van der Waals surface area contributed by atoms with E-state index < -0.39 is 11.9 Å². The summed E-state index contributed by atoms with van der Waals surface area (Å²) in [6.45, 7) is 2.07. The molecule has 0 atom stereocenters. The molecule has 0 aromatic carbocycles. The van der Waals surface area contributed by atoms with Crippen LogP contribution in [-0.4, -0.2) is 18.5 Å². The molecule has 1 aliphatic carbocycles. The molecular formula is C11H16F2O2. The summed E-state index contributed by atoms with van der Waals surface area (Å²) in [7, 11) is 0. The van der Waals surface area contributed by atoms with Gasteiger partial charge in [-0.3, -0.25) is 0 Å². The van der Waals surface area contributed by atoms with Crippen LogP contribution < -0.4 is 0 Å². The first-order valence-corrected chi connectivity index (χ1v) is 5.26. The Morgan fingerprint density at radius 1 is 1.47 bits per heavy atom. The molecule has 0 aromatic heterocycles. The monoisotopic (exact) mass is 218 g/mol. The molecule has 2 nitrogen and oxygen atoms in total. The highest BCUT2D eigenvalue weighted by atomic mass is 19.3. The first kappa shape index (κ1) is 12.1. The fraction of sp³-hybridized carbons (Fsp3) is 0.727. The topological polar surface area (TPSA) is 26.3 Å². The van der Waals surface area contributed by atoms with Crippen molar-refractivity contribution >= 4 is 5.97 Å². The number of hydrogen-bond acceptors (Lipinski definition) is 2. The van der Waals surface area contributed by atoms with Crippen molar-refractivity contribution < 1.29 is 18.3 Å². The molecule has 15 heavy (non-hydrogen) atoms. The van der Waals surface area contributed by atoms with Gasteiger partial charge in [-0.2, -0.15) is 0 Å². The summed E-state index contributed by atoms with van der Waals surface area (Å²) in [6.07, 6.45) is 3.77. The lowest BCUT2D eigenvalue weighted by molar-refractivity contribution is -0.137. The van der Waals surface area contributed by atoms with Gasteiger partial charge >= 0.3 is 5.97 Å². The molecule has 0 N–H and O–H groups in total. The largest absolute Gasteiger partial charge is 0.463 e. The Balaban J connectivity index is 2.32. The van der Waals surface area contributed by atoms with Gasteiger partial charge in [-0.15, -0.1) is 0 Å². The highest BCUT2D eigenvalue weighted by Crippen LogP contribution is 2.36. The molecule has 86 valence electrons. The van der Waals surface area contributed by atoms with Crippen molar-refractivity contribution in [1.29, 1.82) is 0 Å². The van der Waals surface area contributed by atoms with Crippen LogP contribution >= 0.6 is 0 Å². The molecule has 4 heteroatoms.